The summed E-state index contributed by atoms with van der Waals surface area (Å²) < 4.78 is 28.8. The Hall–Kier alpha value is -2.03. The maximum absolute atomic E-state index is 12.3. The molecule has 3 heterocycles. The number of thiophene rings is 1. The fraction of sp³-hybridized carbons (Fsp3) is 0.200. The molecule has 0 spiro atoms. The Balaban J connectivity index is 1.77. The van der Waals surface area contributed by atoms with Crippen molar-refractivity contribution >= 4 is 21.4 Å². The van der Waals surface area contributed by atoms with Gasteiger partial charge in [-0.05, 0) is 36.1 Å². The largest absolute Gasteiger partial charge is 0.337 e. The third-order valence-electron chi connectivity index (χ3n) is 3.47. The summed E-state index contributed by atoms with van der Waals surface area (Å²) in [4.78, 5) is 8.37. The van der Waals surface area contributed by atoms with Crippen LogP contribution in [-0.2, 0) is 23.6 Å². The van der Waals surface area contributed by atoms with E-state index in [1.807, 2.05) is 22.9 Å². The zero-order chi connectivity index (χ0) is 16.4. The fourth-order valence-electron chi connectivity index (χ4n) is 2.06. The van der Waals surface area contributed by atoms with Crippen molar-refractivity contribution in [2.75, 3.05) is 0 Å². The number of imidazole rings is 1. The monoisotopic (exact) mass is 348 g/mol. The zero-order valence-electron chi connectivity index (χ0n) is 12.7. The van der Waals surface area contributed by atoms with E-state index in [9.17, 15) is 8.42 Å². The van der Waals surface area contributed by atoms with E-state index in [2.05, 4.69) is 14.7 Å². The van der Waals surface area contributed by atoms with Crippen molar-refractivity contribution in [2.45, 2.75) is 18.5 Å². The van der Waals surface area contributed by atoms with Gasteiger partial charge in [0.2, 0.25) is 0 Å². The second kappa shape index (κ2) is 6.23. The highest BCUT2D eigenvalue weighted by Crippen LogP contribution is 2.20. The SMILES string of the molecule is Cc1nc(S(=O)(=O)NCc2ccnc(-c3ccsc3)c2)cn1C. The van der Waals surface area contributed by atoms with E-state index >= 15 is 0 Å². The molecular formula is C15H16N4O2S2. The van der Waals surface area contributed by atoms with Crippen molar-refractivity contribution in [3.05, 3.63) is 52.7 Å². The van der Waals surface area contributed by atoms with Crippen molar-refractivity contribution in [3.63, 3.8) is 0 Å². The lowest BCUT2D eigenvalue weighted by Gasteiger charge is -2.06. The molecule has 0 aliphatic heterocycles. The number of nitrogens with one attached hydrogen (secondary N) is 1. The van der Waals surface area contributed by atoms with Crippen LogP contribution < -0.4 is 4.72 Å². The average Bonchev–Trinajstić information content (AvgIpc) is 3.17. The molecular weight excluding hydrogens is 332 g/mol. The van der Waals surface area contributed by atoms with Crippen LogP contribution >= 0.6 is 11.3 Å². The number of rotatable bonds is 5. The molecule has 23 heavy (non-hydrogen) atoms. The van der Waals surface area contributed by atoms with Crippen LogP contribution in [0.3, 0.4) is 0 Å². The quantitative estimate of drug-likeness (QED) is 0.768. The van der Waals surface area contributed by atoms with Gasteiger partial charge in [-0.1, -0.05) is 0 Å². The Morgan fingerprint density at radius 2 is 2.17 bits per heavy atom. The minimum atomic E-state index is -3.63. The van der Waals surface area contributed by atoms with Crippen LogP contribution in [0, 0.1) is 6.92 Å². The van der Waals surface area contributed by atoms with E-state index in [4.69, 9.17) is 0 Å². The number of hydrogen-bond donors (Lipinski definition) is 1. The Morgan fingerprint density at radius 1 is 1.35 bits per heavy atom. The molecule has 0 amide bonds. The topological polar surface area (TPSA) is 76.9 Å². The predicted octanol–water partition coefficient (Wildman–Crippen LogP) is 2.33. The normalized spacial score (nSPS) is 11.7. The summed E-state index contributed by atoms with van der Waals surface area (Å²) in [6.45, 7) is 1.95. The summed E-state index contributed by atoms with van der Waals surface area (Å²) in [5.74, 6) is 0.647. The first-order chi connectivity index (χ1) is 11.0. The van der Waals surface area contributed by atoms with Crippen LogP contribution in [-0.4, -0.2) is 23.0 Å². The molecule has 0 fully saturated rings. The number of nitrogens with zero attached hydrogens (tertiary/aromatic N) is 3. The molecule has 0 aliphatic rings. The summed E-state index contributed by atoms with van der Waals surface area (Å²) in [7, 11) is -1.87. The van der Waals surface area contributed by atoms with Crippen molar-refractivity contribution in [1.82, 2.24) is 19.3 Å². The van der Waals surface area contributed by atoms with E-state index in [0.717, 1.165) is 16.8 Å². The Labute approximate surface area is 138 Å². The lowest BCUT2D eigenvalue weighted by molar-refractivity contribution is 0.578. The van der Waals surface area contributed by atoms with E-state index in [1.165, 1.54) is 6.20 Å². The maximum atomic E-state index is 12.3. The van der Waals surface area contributed by atoms with Crippen molar-refractivity contribution < 1.29 is 8.42 Å². The molecule has 120 valence electrons. The number of pyridine rings is 1. The molecule has 3 aromatic rings. The highest BCUT2D eigenvalue weighted by Gasteiger charge is 2.18. The third kappa shape index (κ3) is 3.49. The number of hydrogen-bond acceptors (Lipinski definition) is 5. The molecule has 6 nitrogen and oxygen atoms in total. The van der Waals surface area contributed by atoms with Gasteiger partial charge in [0, 0.05) is 36.9 Å². The summed E-state index contributed by atoms with van der Waals surface area (Å²) in [5, 5.41) is 4.02. The molecule has 0 bridgehead atoms. The van der Waals surface area contributed by atoms with Crippen LogP contribution in [0.4, 0.5) is 0 Å². The molecule has 0 saturated heterocycles. The van der Waals surface area contributed by atoms with Gasteiger partial charge in [0.25, 0.3) is 10.0 Å². The molecule has 0 radical (unpaired) electrons. The summed E-state index contributed by atoms with van der Waals surface area (Å²) in [6.07, 6.45) is 3.18. The molecule has 8 heteroatoms. The van der Waals surface area contributed by atoms with Gasteiger partial charge < -0.3 is 4.57 Å². The second-order valence-corrected chi connectivity index (χ2v) is 7.62. The number of aryl methyl sites for hydroxylation is 2. The number of sulfonamides is 1. The highest BCUT2D eigenvalue weighted by molar-refractivity contribution is 7.89. The fourth-order valence-corrected chi connectivity index (χ4v) is 3.76. The lowest BCUT2D eigenvalue weighted by atomic mass is 10.1. The van der Waals surface area contributed by atoms with Crippen LogP contribution in [0.2, 0.25) is 0 Å². The first kappa shape index (κ1) is 15.9. The minimum Gasteiger partial charge on any atom is -0.337 e. The summed E-state index contributed by atoms with van der Waals surface area (Å²) in [6, 6.07) is 5.66. The smallest absolute Gasteiger partial charge is 0.259 e. The molecule has 0 atom stereocenters. The van der Waals surface area contributed by atoms with Gasteiger partial charge in [-0.3, -0.25) is 4.98 Å². The van der Waals surface area contributed by atoms with E-state index < -0.39 is 10.0 Å². The zero-order valence-corrected chi connectivity index (χ0v) is 14.4. The van der Waals surface area contributed by atoms with Crippen molar-refractivity contribution in [2.24, 2.45) is 7.05 Å². The minimum absolute atomic E-state index is 0.0321. The van der Waals surface area contributed by atoms with Crippen LogP contribution in [0.5, 0.6) is 0 Å². The van der Waals surface area contributed by atoms with Gasteiger partial charge in [-0.15, -0.1) is 0 Å². The van der Waals surface area contributed by atoms with E-state index in [1.54, 1.807) is 42.1 Å². The predicted molar refractivity (Wildman–Crippen MR) is 89.5 cm³/mol. The first-order valence-corrected chi connectivity index (χ1v) is 9.35. The second-order valence-electron chi connectivity index (χ2n) is 5.12. The standard InChI is InChI=1S/C15H16N4O2S2/c1-11-18-15(9-19(11)2)23(20,21)17-8-12-3-5-16-14(7-12)13-4-6-22-10-13/h3-7,9-10,17H,8H2,1-2H3. The van der Waals surface area contributed by atoms with Gasteiger partial charge >= 0.3 is 0 Å². The lowest BCUT2D eigenvalue weighted by Crippen LogP contribution is -2.23. The van der Waals surface area contributed by atoms with Gasteiger partial charge in [0.05, 0.1) is 5.69 Å². The first-order valence-electron chi connectivity index (χ1n) is 6.93. The Bertz CT molecular complexity index is 895. The molecule has 0 saturated carbocycles. The molecule has 3 aromatic heterocycles. The van der Waals surface area contributed by atoms with Gasteiger partial charge in [0.15, 0.2) is 5.03 Å². The Morgan fingerprint density at radius 3 is 2.83 bits per heavy atom. The van der Waals surface area contributed by atoms with E-state index in [0.29, 0.717) is 5.82 Å². The molecule has 3 rings (SSSR count). The van der Waals surface area contributed by atoms with Crippen LogP contribution in [0.15, 0.2) is 46.4 Å². The van der Waals surface area contributed by atoms with Crippen LogP contribution in [0.25, 0.3) is 11.3 Å². The highest BCUT2D eigenvalue weighted by atomic mass is 32.2. The van der Waals surface area contributed by atoms with Crippen LogP contribution in [0.1, 0.15) is 11.4 Å². The van der Waals surface area contributed by atoms with Gasteiger partial charge in [-0.2, -0.15) is 11.3 Å². The third-order valence-corrected chi connectivity index (χ3v) is 5.42. The summed E-state index contributed by atoms with van der Waals surface area (Å²) in [5.41, 5.74) is 2.70. The molecule has 0 aliphatic carbocycles. The summed E-state index contributed by atoms with van der Waals surface area (Å²) >= 11 is 1.60. The number of aromatic nitrogens is 3. The maximum Gasteiger partial charge on any atom is 0.259 e. The van der Waals surface area contributed by atoms with Crippen molar-refractivity contribution in [1.29, 1.82) is 0 Å². The van der Waals surface area contributed by atoms with Gasteiger partial charge in [0.1, 0.15) is 5.82 Å². The van der Waals surface area contributed by atoms with Crippen molar-refractivity contribution in [3.8, 4) is 11.3 Å². The molecule has 0 unspecified atom stereocenters. The molecule has 1 N–H and O–H groups in total. The average molecular weight is 348 g/mol. The molecule has 0 aromatic carbocycles. The van der Waals surface area contributed by atoms with E-state index in [-0.39, 0.29) is 11.6 Å². The van der Waals surface area contributed by atoms with Gasteiger partial charge in [-0.25, -0.2) is 18.1 Å². The Kier molecular flexibility index (Phi) is 4.29.